The molecule has 0 spiro atoms. The van der Waals surface area contributed by atoms with Crippen LogP contribution in [0.2, 0.25) is 0 Å². The van der Waals surface area contributed by atoms with Crippen LogP contribution in [0.1, 0.15) is 22.3 Å². The maximum Gasteiger partial charge on any atom is 0.253 e. The molecule has 0 aromatic heterocycles. The summed E-state index contributed by atoms with van der Waals surface area (Å²) in [6.45, 7) is 6.57. The van der Waals surface area contributed by atoms with Crippen LogP contribution in [-0.4, -0.2) is 68.1 Å². The second-order valence-corrected chi connectivity index (χ2v) is 6.11. The average Bonchev–Trinajstić information content (AvgIpc) is 3.05. The average molecular weight is 303 g/mol. The third-order valence-corrected chi connectivity index (χ3v) is 4.60. The molecule has 1 unspecified atom stereocenters. The van der Waals surface area contributed by atoms with Crippen LogP contribution in [0.3, 0.4) is 0 Å². The van der Waals surface area contributed by atoms with Gasteiger partial charge < -0.3 is 15.0 Å². The molecule has 2 aliphatic heterocycles. The third-order valence-electron chi connectivity index (χ3n) is 4.60. The van der Waals surface area contributed by atoms with Crippen molar-refractivity contribution in [1.82, 2.24) is 15.1 Å². The van der Waals surface area contributed by atoms with Crippen molar-refractivity contribution < 1.29 is 9.53 Å². The molecule has 3 rings (SSSR count). The Kier molecular flexibility index (Phi) is 5.08. The molecule has 5 heteroatoms. The van der Waals surface area contributed by atoms with Crippen LogP contribution in [0.4, 0.5) is 0 Å². The molecule has 120 valence electrons. The number of piperazine rings is 1. The van der Waals surface area contributed by atoms with E-state index in [9.17, 15) is 4.79 Å². The molecule has 0 saturated carbocycles. The molecule has 0 radical (unpaired) electrons. The number of methoxy groups -OCH3 is 1. The quantitative estimate of drug-likeness (QED) is 0.900. The highest BCUT2D eigenvalue weighted by Gasteiger charge is 2.31. The van der Waals surface area contributed by atoms with Crippen LogP contribution in [0.5, 0.6) is 0 Å². The maximum absolute atomic E-state index is 12.7. The summed E-state index contributed by atoms with van der Waals surface area (Å²) in [7, 11) is 1.67. The Morgan fingerprint density at radius 2 is 2.14 bits per heavy atom. The summed E-state index contributed by atoms with van der Waals surface area (Å²) < 4.78 is 5.15. The van der Waals surface area contributed by atoms with Crippen molar-refractivity contribution in [1.29, 1.82) is 0 Å². The standard InChI is InChI=1S/C17H25N3O2/c1-22-13-14-3-2-4-15(11-14)17(21)20-8-5-16(12-20)19-9-6-18-7-10-19/h2-4,11,16,18H,5-10,12-13H2,1H3. The highest BCUT2D eigenvalue weighted by molar-refractivity contribution is 5.94. The largest absolute Gasteiger partial charge is 0.380 e. The number of nitrogens with one attached hydrogen (secondary N) is 1. The van der Waals surface area contributed by atoms with Crippen molar-refractivity contribution in [2.24, 2.45) is 0 Å². The Hall–Kier alpha value is -1.43. The number of benzene rings is 1. The zero-order valence-corrected chi connectivity index (χ0v) is 13.3. The van der Waals surface area contributed by atoms with Gasteiger partial charge in [-0.1, -0.05) is 12.1 Å². The fourth-order valence-corrected chi connectivity index (χ4v) is 3.41. The smallest absolute Gasteiger partial charge is 0.253 e. The molecule has 2 aliphatic rings. The van der Waals surface area contributed by atoms with Gasteiger partial charge in [-0.2, -0.15) is 0 Å². The van der Waals surface area contributed by atoms with Crippen LogP contribution in [-0.2, 0) is 11.3 Å². The van der Waals surface area contributed by atoms with E-state index < -0.39 is 0 Å². The lowest BCUT2D eigenvalue weighted by Gasteiger charge is -2.32. The van der Waals surface area contributed by atoms with Crippen molar-refractivity contribution in [2.45, 2.75) is 19.1 Å². The van der Waals surface area contributed by atoms with Gasteiger partial charge >= 0.3 is 0 Å². The number of nitrogens with zero attached hydrogens (tertiary/aromatic N) is 2. The van der Waals surface area contributed by atoms with E-state index in [-0.39, 0.29) is 5.91 Å². The highest BCUT2D eigenvalue weighted by atomic mass is 16.5. The van der Waals surface area contributed by atoms with Gasteiger partial charge in [0.25, 0.3) is 5.91 Å². The predicted octanol–water partition coefficient (Wildman–Crippen LogP) is 0.953. The van der Waals surface area contributed by atoms with Gasteiger partial charge in [0.05, 0.1) is 6.61 Å². The third kappa shape index (κ3) is 3.48. The van der Waals surface area contributed by atoms with Gasteiger partial charge in [-0.15, -0.1) is 0 Å². The SMILES string of the molecule is COCc1cccc(C(=O)N2CCC(N3CCNCC3)C2)c1. The topological polar surface area (TPSA) is 44.8 Å². The predicted molar refractivity (Wildman–Crippen MR) is 85.9 cm³/mol. The summed E-state index contributed by atoms with van der Waals surface area (Å²) in [5.74, 6) is 0.149. The first kappa shape index (κ1) is 15.5. The van der Waals surface area contributed by atoms with E-state index in [1.165, 1.54) is 0 Å². The van der Waals surface area contributed by atoms with Crippen LogP contribution in [0.15, 0.2) is 24.3 Å². The molecule has 0 bridgehead atoms. The number of rotatable bonds is 4. The van der Waals surface area contributed by atoms with Gasteiger partial charge in [-0.05, 0) is 24.1 Å². The van der Waals surface area contributed by atoms with Gasteiger partial charge in [0.1, 0.15) is 0 Å². The minimum absolute atomic E-state index is 0.149. The number of likely N-dealkylation sites (tertiary alicyclic amines) is 1. The van der Waals surface area contributed by atoms with Crippen molar-refractivity contribution >= 4 is 5.91 Å². The number of hydrogen-bond donors (Lipinski definition) is 1. The molecular weight excluding hydrogens is 278 g/mol. The van der Waals surface area contributed by atoms with Crippen LogP contribution in [0.25, 0.3) is 0 Å². The van der Waals surface area contributed by atoms with Crippen molar-refractivity contribution in [3.8, 4) is 0 Å². The number of carbonyl (C=O) groups excluding carboxylic acids is 1. The minimum Gasteiger partial charge on any atom is -0.380 e. The monoisotopic (exact) mass is 303 g/mol. The van der Waals surface area contributed by atoms with E-state index >= 15 is 0 Å². The molecular formula is C17H25N3O2. The first-order valence-corrected chi connectivity index (χ1v) is 8.10. The molecule has 0 aliphatic carbocycles. The molecule has 1 aromatic rings. The second-order valence-electron chi connectivity index (χ2n) is 6.11. The van der Waals surface area contributed by atoms with Crippen LogP contribution < -0.4 is 5.32 Å². The summed E-state index contributed by atoms with van der Waals surface area (Å²) in [5, 5.41) is 3.38. The molecule has 2 saturated heterocycles. The van der Waals surface area contributed by atoms with Gasteiger partial charge in [0.15, 0.2) is 0 Å². The maximum atomic E-state index is 12.7. The highest BCUT2D eigenvalue weighted by Crippen LogP contribution is 2.19. The fraction of sp³-hybridized carbons (Fsp3) is 0.588. The number of hydrogen-bond acceptors (Lipinski definition) is 4. The fourth-order valence-electron chi connectivity index (χ4n) is 3.41. The molecule has 1 N–H and O–H groups in total. The Balaban J connectivity index is 1.62. The Morgan fingerprint density at radius 1 is 1.32 bits per heavy atom. The zero-order chi connectivity index (χ0) is 15.4. The summed E-state index contributed by atoms with van der Waals surface area (Å²) in [6.07, 6.45) is 1.09. The summed E-state index contributed by atoms with van der Waals surface area (Å²) in [5.41, 5.74) is 1.82. The molecule has 1 amide bonds. The van der Waals surface area contributed by atoms with E-state index in [0.29, 0.717) is 12.6 Å². The van der Waals surface area contributed by atoms with Crippen molar-refractivity contribution in [2.75, 3.05) is 46.4 Å². The number of carbonyl (C=O) groups is 1. The lowest BCUT2D eigenvalue weighted by Crippen LogP contribution is -2.49. The summed E-state index contributed by atoms with van der Waals surface area (Å²) in [4.78, 5) is 17.2. The van der Waals surface area contributed by atoms with E-state index in [1.54, 1.807) is 7.11 Å². The molecule has 1 aromatic carbocycles. The van der Waals surface area contributed by atoms with E-state index in [2.05, 4.69) is 10.2 Å². The normalized spacial score (nSPS) is 23.0. The van der Waals surface area contributed by atoms with Crippen LogP contribution in [0, 0.1) is 0 Å². The summed E-state index contributed by atoms with van der Waals surface area (Å²) >= 11 is 0. The van der Waals surface area contributed by atoms with E-state index in [1.807, 2.05) is 29.2 Å². The molecule has 2 heterocycles. The first-order valence-electron chi connectivity index (χ1n) is 8.10. The lowest BCUT2D eigenvalue weighted by atomic mass is 10.1. The Labute approximate surface area is 132 Å². The lowest BCUT2D eigenvalue weighted by molar-refractivity contribution is 0.0773. The number of ether oxygens (including phenoxy) is 1. The minimum atomic E-state index is 0.149. The molecule has 1 atom stereocenters. The van der Waals surface area contributed by atoms with Crippen molar-refractivity contribution in [3.63, 3.8) is 0 Å². The van der Waals surface area contributed by atoms with Gasteiger partial charge in [-0.3, -0.25) is 9.69 Å². The zero-order valence-electron chi connectivity index (χ0n) is 13.3. The van der Waals surface area contributed by atoms with E-state index in [4.69, 9.17) is 4.74 Å². The molecule has 2 fully saturated rings. The second kappa shape index (κ2) is 7.22. The van der Waals surface area contributed by atoms with Crippen molar-refractivity contribution in [3.05, 3.63) is 35.4 Å². The summed E-state index contributed by atoms with van der Waals surface area (Å²) in [6, 6.07) is 8.30. The Morgan fingerprint density at radius 3 is 2.91 bits per heavy atom. The molecule has 5 nitrogen and oxygen atoms in total. The Bertz CT molecular complexity index is 514. The van der Waals surface area contributed by atoms with Crippen LogP contribution >= 0.6 is 0 Å². The van der Waals surface area contributed by atoms with Gasteiger partial charge in [0.2, 0.25) is 0 Å². The van der Waals surface area contributed by atoms with E-state index in [0.717, 1.165) is 56.8 Å². The van der Waals surface area contributed by atoms with Gasteiger partial charge in [-0.25, -0.2) is 0 Å². The number of amides is 1. The first-order chi connectivity index (χ1) is 10.8. The van der Waals surface area contributed by atoms with Gasteiger partial charge in [0, 0.05) is 58.0 Å². The molecule has 22 heavy (non-hydrogen) atoms.